The topological polar surface area (TPSA) is 44.5 Å². The van der Waals surface area contributed by atoms with E-state index in [1.165, 1.54) is 57.4 Å². The van der Waals surface area contributed by atoms with Gasteiger partial charge in [0.25, 0.3) is 0 Å². The molecule has 3 heteroatoms. The lowest BCUT2D eigenvalue weighted by molar-refractivity contribution is 0.00553. The molecule has 0 aromatic rings. The lowest BCUT2D eigenvalue weighted by atomic mass is 10.0. The van der Waals surface area contributed by atoms with Crippen LogP contribution in [0, 0.1) is 0 Å². The van der Waals surface area contributed by atoms with Gasteiger partial charge >= 0.3 is 0 Å². The molecule has 0 radical (unpaired) electrons. The van der Waals surface area contributed by atoms with Gasteiger partial charge in [-0.3, -0.25) is 0 Å². The van der Waals surface area contributed by atoms with Crippen molar-refractivity contribution in [3.63, 3.8) is 0 Å². The molecule has 0 heterocycles. The van der Waals surface area contributed by atoms with Gasteiger partial charge in [0.15, 0.2) is 0 Å². The Morgan fingerprint density at radius 1 is 0.422 bits per heavy atom. The van der Waals surface area contributed by atoms with Crippen LogP contribution < -0.4 is 5.73 Å². The number of hydrogen-bond donors (Lipinski definition) is 1. The Bertz CT molecular complexity index is 1040. The van der Waals surface area contributed by atoms with E-state index in [0.29, 0.717) is 19.8 Å². The van der Waals surface area contributed by atoms with Crippen LogP contribution >= 0.6 is 0 Å². The molecule has 0 aliphatic carbocycles. The van der Waals surface area contributed by atoms with Crippen molar-refractivity contribution in [3.8, 4) is 0 Å². The molecule has 3 nitrogen and oxygen atoms in total. The van der Waals surface area contributed by atoms with Crippen molar-refractivity contribution >= 4 is 0 Å². The van der Waals surface area contributed by atoms with E-state index >= 15 is 0 Å². The average molecular weight is 622 g/mol. The van der Waals surface area contributed by atoms with Gasteiger partial charge < -0.3 is 15.2 Å². The van der Waals surface area contributed by atoms with Gasteiger partial charge in [-0.15, -0.1) is 0 Å². The molecule has 1 unspecified atom stereocenters. The summed E-state index contributed by atoms with van der Waals surface area (Å²) in [6.07, 6.45) is 31.6. The lowest BCUT2D eigenvalue weighted by Crippen LogP contribution is -2.29. The van der Waals surface area contributed by atoms with E-state index in [1.807, 2.05) is 0 Å². The summed E-state index contributed by atoms with van der Waals surface area (Å²) in [6, 6.07) is 0. The van der Waals surface area contributed by atoms with Gasteiger partial charge in [-0.2, -0.15) is 0 Å². The van der Waals surface area contributed by atoms with E-state index in [4.69, 9.17) is 15.2 Å². The Labute approximate surface area is 280 Å². The van der Waals surface area contributed by atoms with Crippen LogP contribution in [-0.2, 0) is 9.47 Å². The molecule has 45 heavy (non-hydrogen) atoms. The largest absolute Gasteiger partial charge is 0.373 e. The van der Waals surface area contributed by atoms with Crippen molar-refractivity contribution in [2.45, 2.75) is 153 Å². The first kappa shape index (κ1) is 42.8. The summed E-state index contributed by atoms with van der Waals surface area (Å²) >= 11 is 0. The highest BCUT2D eigenvalue weighted by atomic mass is 16.5. The predicted octanol–water partition coefficient (Wildman–Crippen LogP) is 12.6. The molecular formula is C42H71NO2. The van der Waals surface area contributed by atoms with E-state index in [2.05, 4.69) is 118 Å². The van der Waals surface area contributed by atoms with Crippen molar-refractivity contribution in [3.05, 3.63) is 93.2 Å². The van der Waals surface area contributed by atoms with Gasteiger partial charge in [0.2, 0.25) is 0 Å². The van der Waals surface area contributed by atoms with Crippen molar-refractivity contribution < 1.29 is 9.47 Å². The summed E-state index contributed by atoms with van der Waals surface area (Å²) in [5.41, 5.74) is 17.6. The maximum absolute atomic E-state index is 6.10. The van der Waals surface area contributed by atoms with Crippen LogP contribution in [0.2, 0.25) is 0 Å². The minimum Gasteiger partial charge on any atom is -0.373 e. The zero-order chi connectivity index (χ0) is 33.9. The number of rotatable bonds is 25. The summed E-state index contributed by atoms with van der Waals surface area (Å²) in [4.78, 5) is 0. The minimum atomic E-state index is -0.404. The third-order valence-electron chi connectivity index (χ3n) is 7.88. The molecule has 0 spiro atoms. The van der Waals surface area contributed by atoms with Crippen molar-refractivity contribution in [1.29, 1.82) is 0 Å². The fraction of sp³-hybridized carbons (Fsp3) is 0.619. The van der Waals surface area contributed by atoms with Crippen molar-refractivity contribution in [1.82, 2.24) is 0 Å². The molecular weight excluding hydrogens is 550 g/mol. The fourth-order valence-electron chi connectivity index (χ4n) is 4.72. The highest BCUT2D eigenvalue weighted by Gasteiger charge is 2.02. The third kappa shape index (κ3) is 30.2. The lowest BCUT2D eigenvalue weighted by Gasteiger charge is -2.12. The first-order chi connectivity index (χ1) is 21.4. The highest BCUT2D eigenvalue weighted by molar-refractivity contribution is 5.08. The van der Waals surface area contributed by atoms with Crippen molar-refractivity contribution in [2.24, 2.45) is 5.73 Å². The summed E-state index contributed by atoms with van der Waals surface area (Å²) in [7, 11) is 0. The first-order valence-electron chi connectivity index (χ1n) is 17.5. The van der Waals surface area contributed by atoms with Gasteiger partial charge in [-0.25, -0.2) is 0 Å². The second-order valence-corrected chi connectivity index (χ2v) is 13.5. The van der Waals surface area contributed by atoms with E-state index in [9.17, 15) is 0 Å². The number of hydrogen-bond acceptors (Lipinski definition) is 3. The third-order valence-corrected chi connectivity index (χ3v) is 7.88. The molecule has 0 aliphatic heterocycles. The average Bonchev–Trinajstić information content (AvgIpc) is 2.95. The van der Waals surface area contributed by atoms with E-state index in [1.54, 1.807) is 0 Å². The summed E-state index contributed by atoms with van der Waals surface area (Å²) < 4.78 is 11.5. The van der Waals surface area contributed by atoms with Gasteiger partial charge in [0.1, 0.15) is 6.23 Å². The number of nitrogens with two attached hydrogens (primary N) is 1. The van der Waals surface area contributed by atoms with Crippen LogP contribution in [0.25, 0.3) is 0 Å². The van der Waals surface area contributed by atoms with Crippen LogP contribution in [0.1, 0.15) is 146 Å². The Hall–Kier alpha value is -2.20. The molecule has 256 valence electrons. The van der Waals surface area contributed by atoms with Crippen LogP contribution in [0.5, 0.6) is 0 Å². The smallest absolute Gasteiger partial charge is 0.129 e. The summed E-state index contributed by atoms with van der Waals surface area (Å²) in [5.74, 6) is 0. The quantitative estimate of drug-likeness (QED) is 0.0626. The van der Waals surface area contributed by atoms with Gasteiger partial charge in [-0.05, 0) is 146 Å². The van der Waals surface area contributed by atoms with Gasteiger partial charge in [0, 0.05) is 0 Å². The number of ether oxygens (including phenoxy) is 2. The maximum atomic E-state index is 6.10. The Kier molecular flexibility index (Phi) is 26.7. The molecule has 0 saturated carbocycles. The second kappa shape index (κ2) is 28.1. The molecule has 0 aromatic heterocycles. The molecule has 0 aromatic carbocycles. The summed E-state index contributed by atoms with van der Waals surface area (Å²) in [5, 5.41) is 0. The van der Waals surface area contributed by atoms with Crippen LogP contribution in [0.4, 0.5) is 0 Å². The monoisotopic (exact) mass is 622 g/mol. The van der Waals surface area contributed by atoms with Gasteiger partial charge in [0.05, 0.1) is 19.8 Å². The predicted molar refractivity (Wildman–Crippen MR) is 202 cm³/mol. The van der Waals surface area contributed by atoms with E-state index in [0.717, 1.165) is 64.2 Å². The Balaban J connectivity index is 4.08. The zero-order valence-corrected chi connectivity index (χ0v) is 31.2. The van der Waals surface area contributed by atoms with Crippen LogP contribution in [0.3, 0.4) is 0 Å². The molecule has 0 fully saturated rings. The fourth-order valence-corrected chi connectivity index (χ4v) is 4.72. The number of allylic oxidation sites excluding steroid dienone is 14. The normalized spacial score (nSPS) is 14.6. The molecule has 0 aliphatic rings. The minimum absolute atomic E-state index is 0.404. The van der Waals surface area contributed by atoms with E-state index < -0.39 is 6.23 Å². The molecule has 0 amide bonds. The van der Waals surface area contributed by atoms with Crippen LogP contribution in [-0.4, -0.2) is 26.0 Å². The Morgan fingerprint density at radius 2 is 0.711 bits per heavy atom. The molecule has 2 N–H and O–H groups in total. The SMILES string of the molecule is CC(C)=CCC/C(C)=C/CC/C(C)=C/CC/C(C)=C/COCC(N)OC/C=C(\C)CC/C=C(\C)CC/C=C(\C)CCC=C(C)C. The Morgan fingerprint density at radius 3 is 1.04 bits per heavy atom. The summed E-state index contributed by atoms with van der Waals surface area (Å²) in [6.45, 7) is 23.5. The standard InChI is InChI=1S/C42H71NO2/c1-34(2)17-11-19-36(5)21-13-23-38(7)25-15-27-40(9)29-31-44-33-42(43)45-32-30-41(10)28-16-26-39(8)24-14-22-37(6)20-12-18-35(3)4/h17-18,21-22,25-26,29-30,42H,11-16,19-20,23-24,27-28,31-33,43H2,1-10H3/b36-21+,37-22+,38-25+,39-26+,40-29+,41-30+. The van der Waals surface area contributed by atoms with E-state index in [-0.39, 0.29) is 0 Å². The van der Waals surface area contributed by atoms with Crippen LogP contribution in [0.15, 0.2) is 93.2 Å². The highest BCUT2D eigenvalue weighted by Crippen LogP contribution is 2.15. The second-order valence-electron chi connectivity index (χ2n) is 13.5. The first-order valence-corrected chi connectivity index (χ1v) is 17.5. The molecule has 0 bridgehead atoms. The van der Waals surface area contributed by atoms with Gasteiger partial charge in [-0.1, -0.05) is 93.2 Å². The van der Waals surface area contributed by atoms with Crippen molar-refractivity contribution in [2.75, 3.05) is 19.8 Å². The zero-order valence-electron chi connectivity index (χ0n) is 31.2. The molecule has 0 saturated heterocycles. The molecule has 0 rings (SSSR count). The molecule has 1 atom stereocenters. The maximum Gasteiger partial charge on any atom is 0.129 e.